The van der Waals surface area contributed by atoms with Gasteiger partial charge in [-0.2, -0.15) is 0 Å². The Hall–Kier alpha value is -1.94. The summed E-state index contributed by atoms with van der Waals surface area (Å²) in [5.74, 6) is 0.804. The molecule has 2 heterocycles. The van der Waals surface area contributed by atoms with Crippen LogP contribution < -0.4 is 10.5 Å². The molecule has 0 saturated heterocycles. The Morgan fingerprint density at radius 1 is 1.24 bits per heavy atom. The zero-order chi connectivity index (χ0) is 12.1. The van der Waals surface area contributed by atoms with E-state index in [4.69, 9.17) is 10.5 Å². The van der Waals surface area contributed by atoms with Gasteiger partial charge in [-0.15, -0.1) is 0 Å². The summed E-state index contributed by atoms with van der Waals surface area (Å²) in [5, 5.41) is 0. The molecule has 2 aromatic rings. The molecule has 0 aliphatic carbocycles. The van der Waals surface area contributed by atoms with Gasteiger partial charge in [-0.25, -0.2) is 0 Å². The Bertz CT molecular complexity index is 500. The first-order valence-corrected chi connectivity index (χ1v) is 5.48. The molecular formula is C13H15N3O. The molecule has 0 spiro atoms. The molecule has 0 aromatic carbocycles. The summed E-state index contributed by atoms with van der Waals surface area (Å²) >= 11 is 0. The second-order valence-corrected chi connectivity index (χ2v) is 3.74. The van der Waals surface area contributed by atoms with Crippen LogP contribution in [-0.4, -0.2) is 9.97 Å². The molecule has 2 aromatic heterocycles. The van der Waals surface area contributed by atoms with Crippen molar-refractivity contribution >= 4 is 0 Å². The van der Waals surface area contributed by atoms with Crippen molar-refractivity contribution in [2.75, 3.05) is 0 Å². The maximum atomic E-state index is 5.69. The minimum atomic E-state index is 0.444. The van der Waals surface area contributed by atoms with E-state index in [1.54, 1.807) is 12.4 Å². The zero-order valence-electron chi connectivity index (χ0n) is 9.76. The second-order valence-electron chi connectivity index (χ2n) is 3.74. The van der Waals surface area contributed by atoms with Crippen LogP contribution in [0.4, 0.5) is 0 Å². The predicted molar refractivity (Wildman–Crippen MR) is 65.4 cm³/mol. The van der Waals surface area contributed by atoms with E-state index in [-0.39, 0.29) is 0 Å². The largest absolute Gasteiger partial charge is 0.487 e. The number of aryl methyl sites for hydroxylation is 1. The lowest BCUT2D eigenvalue weighted by Gasteiger charge is -2.08. The van der Waals surface area contributed by atoms with Crippen molar-refractivity contribution in [1.29, 1.82) is 0 Å². The Balaban J connectivity index is 2.05. The third kappa shape index (κ3) is 3.01. The lowest BCUT2D eigenvalue weighted by atomic mass is 10.2. The fourth-order valence-corrected chi connectivity index (χ4v) is 1.51. The predicted octanol–water partition coefficient (Wildman–Crippen LogP) is 1.82. The quantitative estimate of drug-likeness (QED) is 0.868. The number of hydrogen-bond acceptors (Lipinski definition) is 4. The summed E-state index contributed by atoms with van der Waals surface area (Å²) in [6, 6.07) is 7.64. The highest BCUT2D eigenvalue weighted by atomic mass is 16.5. The fraction of sp³-hybridized carbons (Fsp3) is 0.231. The zero-order valence-corrected chi connectivity index (χ0v) is 9.76. The molecule has 2 rings (SSSR count). The molecule has 4 heteroatoms. The number of nitrogens with two attached hydrogens (primary N) is 1. The van der Waals surface area contributed by atoms with Crippen LogP contribution in [0.5, 0.6) is 5.75 Å². The van der Waals surface area contributed by atoms with E-state index in [0.29, 0.717) is 13.2 Å². The molecule has 0 atom stereocenters. The van der Waals surface area contributed by atoms with Gasteiger partial charge in [0.2, 0.25) is 0 Å². The van der Waals surface area contributed by atoms with Gasteiger partial charge in [-0.05, 0) is 36.8 Å². The summed E-state index contributed by atoms with van der Waals surface area (Å²) in [6.07, 6.45) is 3.50. The van der Waals surface area contributed by atoms with Gasteiger partial charge in [-0.3, -0.25) is 9.97 Å². The molecule has 17 heavy (non-hydrogen) atoms. The van der Waals surface area contributed by atoms with E-state index in [0.717, 1.165) is 22.7 Å². The summed E-state index contributed by atoms with van der Waals surface area (Å²) in [6.45, 7) is 2.87. The van der Waals surface area contributed by atoms with E-state index < -0.39 is 0 Å². The van der Waals surface area contributed by atoms with Crippen LogP contribution in [0.25, 0.3) is 0 Å². The molecule has 0 unspecified atom stereocenters. The molecule has 0 bridgehead atoms. The third-order valence-corrected chi connectivity index (χ3v) is 2.44. The Labute approximate surface area is 100 Å². The molecule has 4 nitrogen and oxygen atoms in total. The lowest BCUT2D eigenvalue weighted by Crippen LogP contribution is -2.02. The SMILES string of the molecule is Cc1ncccc1OCc1ccnc(CN)c1. The number of rotatable bonds is 4. The van der Waals surface area contributed by atoms with Crippen LogP contribution >= 0.6 is 0 Å². The summed E-state index contributed by atoms with van der Waals surface area (Å²) < 4.78 is 5.69. The average molecular weight is 229 g/mol. The maximum Gasteiger partial charge on any atom is 0.141 e. The normalized spacial score (nSPS) is 10.2. The average Bonchev–Trinajstić information content (AvgIpc) is 2.38. The van der Waals surface area contributed by atoms with Gasteiger partial charge in [-0.1, -0.05) is 0 Å². The number of hydrogen-bond donors (Lipinski definition) is 1. The third-order valence-electron chi connectivity index (χ3n) is 2.44. The first kappa shape index (κ1) is 11.5. The first-order valence-electron chi connectivity index (χ1n) is 5.48. The van der Waals surface area contributed by atoms with E-state index in [1.165, 1.54) is 0 Å². The van der Waals surface area contributed by atoms with Crippen molar-refractivity contribution in [2.45, 2.75) is 20.1 Å². The van der Waals surface area contributed by atoms with Gasteiger partial charge >= 0.3 is 0 Å². The van der Waals surface area contributed by atoms with Crippen molar-refractivity contribution in [3.8, 4) is 5.75 Å². The van der Waals surface area contributed by atoms with E-state index in [2.05, 4.69) is 9.97 Å². The number of aromatic nitrogens is 2. The highest BCUT2D eigenvalue weighted by Crippen LogP contribution is 2.15. The standard InChI is InChI=1S/C13H15N3O/c1-10-13(3-2-5-15-10)17-9-11-4-6-16-12(7-11)8-14/h2-7H,8-9,14H2,1H3. The molecule has 0 aliphatic rings. The lowest BCUT2D eigenvalue weighted by molar-refractivity contribution is 0.302. The summed E-state index contributed by atoms with van der Waals surface area (Å²) in [7, 11) is 0. The van der Waals surface area contributed by atoms with Gasteiger partial charge < -0.3 is 10.5 Å². The smallest absolute Gasteiger partial charge is 0.141 e. The second kappa shape index (κ2) is 5.41. The van der Waals surface area contributed by atoms with Gasteiger partial charge in [0.25, 0.3) is 0 Å². The highest BCUT2D eigenvalue weighted by molar-refractivity contribution is 5.26. The molecule has 0 aliphatic heterocycles. The number of nitrogens with zero attached hydrogens (tertiary/aromatic N) is 2. The van der Waals surface area contributed by atoms with Crippen molar-refractivity contribution in [1.82, 2.24) is 9.97 Å². The van der Waals surface area contributed by atoms with Crippen LogP contribution in [0, 0.1) is 6.92 Å². The van der Waals surface area contributed by atoms with Crippen LogP contribution in [0.3, 0.4) is 0 Å². The minimum Gasteiger partial charge on any atom is -0.487 e. The summed E-state index contributed by atoms with van der Waals surface area (Å²) in [5.41, 5.74) is 8.35. The van der Waals surface area contributed by atoms with E-state index in [1.807, 2.05) is 31.2 Å². The van der Waals surface area contributed by atoms with Gasteiger partial charge in [0.05, 0.1) is 11.4 Å². The monoisotopic (exact) mass is 229 g/mol. The van der Waals surface area contributed by atoms with E-state index >= 15 is 0 Å². The molecule has 0 saturated carbocycles. The highest BCUT2D eigenvalue weighted by Gasteiger charge is 2.01. The number of ether oxygens (including phenoxy) is 1. The van der Waals surface area contributed by atoms with Crippen LogP contribution in [0.1, 0.15) is 17.0 Å². The maximum absolute atomic E-state index is 5.69. The Morgan fingerprint density at radius 2 is 2.12 bits per heavy atom. The Kier molecular flexibility index (Phi) is 3.67. The molecule has 88 valence electrons. The molecule has 0 amide bonds. The van der Waals surface area contributed by atoms with Gasteiger partial charge in [0, 0.05) is 18.9 Å². The Morgan fingerprint density at radius 3 is 2.88 bits per heavy atom. The topological polar surface area (TPSA) is 61.0 Å². The number of pyridine rings is 2. The van der Waals surface area contributed by atoms with Crippen molar-refractivity contribution in [2.24, 2.45) is 5.73 Å². The first-order chi connectivity index (χ1) is 8.29. The summed E-state index contributed by atoms with van der Waals surface area (Å²) in [4.78, 5) is 8.31. The van der Waals surface area contributed by atoms with Crippen LogP contribution in [0.15, 0.2) is 36.7 Å². The molecule has 2 N–H and O–H groups in total. The van der Waals surface area contributed by atoms with Crippen LogP contribution in [0.2, 0.25) is 0 Å². The fourth-order valence-electron chi connectivity index (χ4n) is 1.51. The van der Waals surface area contributed by atoms with Crippen LogP contribution in [-0.2, 0) is 13.2 Å². The molecule has 0 radical (unpaired) electrons. The molecular weight excluding hydrogens is 214 g/mol. The van der Waals surface area contributed by atoms with Crippen molar-refractivity contribution < 1.29 is 4.74 Å². The van der Waals surface area contributed by atoms with Crippen molar-refractivity contribution in [3.05, 3.63) is 53.6 Å². The minimum absolute atomic E-state index is 0.444. The van der Waals surface area contributed by atoms with Gasteiger partial charge in [0.15, 0.2) is 0 Å². The van der Waals surface area contributed by atoms with E-state index in [9.17, 15) is 0 Å². The van der Waals surface area contributed by atoms with Gasteiger partial charge in [0.1, 0.15) is 12.4 Å². The molecule has 0 fully saturated rings. The van der Waals surface area contributed by atoms with Crippen molar-refractivity contribution in [3.63, 3.8) is 0 Å².